The maximum absolute atomic E-state index is 12.5. The first-order valence-electron chi connectivity index (χ1n) is 5.28. The number of aromatic nitrogens is 4. The van der Waals surface area contributed by atoms with Crippen LogP contribution in [0.1, 0.15) is 11.3 Å². The lowest BCUT2D eigenvalue weighted by atomic mass is 10.3. The second kappa shape index (κ2) is 4.75. The van der Waals surface area contributed by atoms with E-state index in [-0.39, 0.29) is 5.82 Å². The Morgan fingerprint density at radius 2 is 2.11 bits per heavy atom. The predicted molar refractivity (Wildman–Crippen MR) is 62.0 cm³/mol. The van der Waals surface area contributed by atoms with E-state index in [1.54, 1.807) is 24.1 Å². The number of alkyl halides is 3. The highest BCUT2D eigenvalue weighted by Gasteiger charge is 2.33. The average Bonchev–Trinajstić information content (AvgIpc) is 2.71. The Morgan fingerprint density at radius 1 is 1.37 bits per heavy atom. The Labute approximate surface area is 106 Å². The summed E-state index contributed by atoms with van der Waals surface area (Å²) in [5, 5.41) is 6.69. The van der Waals surface area contributed by atoms with E-state index in [1.807, 2.05) is 0 Å². The number of rotatable bonds is 3. The third kappa shape index (κ3) is 3.33. The number of nitrogens with one attached hydrogen (secondary N) is 1. The maximum atomic E-state index is 12.5. The number of halogens is 3. The molecule has 2 aromatic rings. The Kier molecular flexibility index (Phi) is 3.28. The molecule has 0 aliphatic carbocycles. The molecule has 2 aromatic heterocycles. The van der Waals surface area contributed by atoms with E-state index in [1.165, 1.54) is 0 Å². The van der Waals surface area contributed by atoms with Gasteiger partial charge in [-0.05, 0) is 0 Å². The molecule has 0 saturated carbocycles. The largest absolute Gasteiger partial charge is 0.433 e. The molecule has 0 bridgehead atoms. The van der Waals surface area contributed by atoms with Gasteiger partial charge in [0, 0.05) is 31.4 Å². The fourth-order valence-corrected chi connectivity index (χ4v) is 1.46. The van der Waals surface area contributed by atoms with Crippen LogP contribution in [0.5, 0.6) is 0 Å². The molecule has 0 aliphatic rings. The monoisotopic (exact) mass is 272 g/mol. The quantitative estimate of drug-likeness (QED) is 0.883. The number of anilines is 2. The van der Waals surface area contributed by atoms with E-state index in [2.05, 4.69) is 20.4 Å². The summed E-state index contributed by atoms with van der Waals surface area (Å²) in [6.45, 7) is 0.293. The minimum absolute atomic E-state index is 0.0173. The second-order valence-electron chi connectivity index (χ2n) is 3.87. The summed E-state index contributed by atoms with van der Waals surface area (Å²) in [6.07, 6.45) is -1.22. The van der Waals surface area contributed by atoms with Crippen LogP contribution in [0.3, 0.4) is 0 Å². The molecule has 0 aromatic carbocycles. The number of nitrogens with two attached hydrogens (primary N) is 1. The molecule has 0 unspecified atom stereocenters. The molecule has 3 N–H and O–H groups in total. The van der Waals surface area contributed by atoms with E-state index >= 15 is 0 Å². The first-order chi connectivity index (χ1) is 8.84. The highest BCUT2D eigenvalue weighted by molar-refractivity contribution is 5.41. The molecule has 2 rings (SSSR count). The van der Waals surface area contributed by atoms with Crippen molar-refractivity contribution in [2.75, 3.05) is 11.1 Å². The van der Waals surface area contributed by atoms with E-state index in [0.29, 0.717) is 6.54 Å². The highest BCUT2D eigenvalue weighted by atomic mass is 19.4. The summed E-state index contributed by atoms with van der Waals surface area (Å²) in [4.78, 5) is 6.85. The van der Waals surface area contributed by atoms with Gasteiger partial charge in [-0.15, -0.1) is 0 Å². The normalized spacial score (nSPS) is 11.6. The Hall–Kier alpha value is -2.32. The zero-order chi connectivity index (χ0) is 14.0. The van der Waals surface area contributed by atoms with Gasteiger partial charge < -0.3 is 11.1 Å². The van der Waals surface area contributed by atoms with Crippen LogP contribution in [0.4, 0.5) is 24.9 Å². The zero-order valence-corrected chi connectivity index (χ0v) is 9.94. The fourth-order valence-electron chi connectivity index (χ4n) is 1.46. The molecular formula is C10H11F3N6. The molecule has 6 nitrogen and oxygen atoms in total. The molecule has 9 heteroatoms. The summed E-state index contributed by atoms with van der Waals surface area (Å²) in [6, 6.07) is 0.812. The summed E-state index contributed by atoms with van der Waals surface area (Å²) in [5.74, 6) is -0.410. The molecule has 0 saturated heterocycles. The maximum Gasteiger partial charge on any atom is 0.433 e. The lowest BCUT2D eigenvalue weighted by molar-refractivity contribution is -0.141. The van der Waals surface area contributed by atoms with Crippen molar-refractivity contribution < 1.29 is 13.2 Å². The van der Waals surface area contributed by atoms with Crippen LogP contribution in [0.2, 0.25) is 0 Å². The Bertz CT molecular complexity index is 577. The Balaban J connectivity index is 2.14. The molecule has 0 amide bonds. The van der Waals surface area contributed by atoms with Crippen molar-refractivity contribution in [3.05, 3.63) is 29.7 Å². The van der Waals surface area contributed by atoms with Crippen molar-refractivity contribution in [2.45, 2.75) is 12.7 Å². The van der Waals surface area contributed by atoms with Crippen molar-refractivity contribution >= 4 is 11.8 Å². The number of hydrogen-bond acceptors (Lipinski definition) is 5. The van der Waals surface area contributed by atoms with Gasteiger partial charge in [-0.3, -0.25) is 4.68 Å². The standard InChI is InChI=1S/C10H11F3N6/c1-19-5-6(4-16-19)3-15-8-2-7(10(11,12)13)17-9(14)18-8/h2,4-5H,3H2,1H3,(H3,14,15,17,18). The molecular weight excluding hydrogens is 261 g/mol. The van der Waals surface area contributed by atoms with Crippen LogP contribution in [0, 0.1) is 0 Å². The molecule has 0 atom stereocenters. The summed E-state index contributed by atoms with van der Waals surface area (Å²) in [7, 11) is 1.74. The van der Waals surface area contributed by atoms with Gasteiger partial charge in [-0.25, -0.2) is 4.98 Å². The van der Waals surface area contributed by atoms with Crippen molar-refractivity contribution in [2.24, 2.45) is 7.05 Å². The van der Waals surface area contributed by atoms with Gasteiger partial charge in [0.25, 0.3) is 0 Å². The van der Waals surface area contributed by atoms with Gasteiger partial charge in [0.1, 0.15) is 5.82 Å². The van der Waals surface area contributed by atoms with Crippen LogP contribution in [-0.2, 0) is 19.8 Å². The van der Waals surface area contributed by atoms with Gasteiger partial charge in [0.05, 0.1) is 6.20 Å². The van der Waals surface area contributed by atoms with Crippen molar-refractivity contribution in [1.82, 2.24) is 19.7 Å². The molecule has 102 valence electrons. The lowest BCUT2D eigenvalue weighted by Crippen LogP contribution is -2.12. The smallest absolute Gasteiger partial charge is 0.368 e. The van der Waals surface area contributed by atoms with Crippen LogP contribution in [0.15, 0.2) is 18.5 Å². The molecule has 0 radical (unpaired) electrons. The predicted octanol–water partition coefficient (Wildman–Crippen LogP) is 1.42. The SMILES string of the molecule is Cn1cc(CNc2cc(C(F)(F)F)nc(N)n2)cn1. The van der Waals surface area contributed by atoms with Gasteiger partial charge >= 0.3 is 6.18 Å². The van der Waals surface area contributed by atoms with Crippen molar-refractivity contribution in [3.8, 4) is 0 Å². The summed E-state index contributed by atoms with van der Waals surface area (Å²) >= 11 is 0. The zero-order valence-electron chi connectivity index (χ0n) is 9.94. The first kappa shape index (κ1) is 13.1. The minimum atomic E-state index is -4.55. The van der Waals surface area contributed by atoms with Gasteiger partial charge in [0.2, 0.25) is 5.95 Å². The molecule has 19 heavy (non-hydrogen) atoms. The minimum Gasteiger partial charge on any atom is -0.368 e. The van der Waals surface area contributed by atoms with Crippen LogP contribution >= 0.6 is 0 Å². The molecule has 0 aliphatic heterocycles. The number of aryl methyl sites for hydroxylation is 1. The third-order valence-corrected chi connectivity index (χ3v) is 2.27. The molecule has 2 heterocycles. The first-order valence-corrected chi connectivity index (χ1v) is 5.28. The number of hydrogen-bond donors (Lipinski definition) is 2. The topological polar surface area (TPSA) is 81.7 Å². The molecule has 0 spiro atoms. The van der Waals surface area contributed by atoms with Crippen molar-refractivity contribution in [1.29, 1.82) is 0 Å². The van der Waals surface area contributed by atoms with Gasteiger partial charge in [0.15, 0.2) is 5.69 Å². The lowest BCUT2D eigenvalue weighted by Gasteiger charge is -2.09. The highest BCUT2D eigenvalue weighted by Crippen LogP contribution is 2.29. The average molecular weight is 272 g/mol. The van der Waals surface area contributed by atoms with Gasteiger partial charge in [-0.2, -0.15) is 23.3 Å². The van der Waals surface area contributed by atoms with E-state index < -0.39 is 17.8 Å². The summed E-state index contributed by atoms with van der Waals surface area (Å²) in [5.41, 5.74) is 4.99. The number of nitrogen functional groups attached to an aromatic ring is 1. The third-order valence-electron chi connectivity index (χ3n) is 2.27. The van der Waals surface area contributed by atoms with Gasteiger partial charge in [-0.1, -0.05) is 0 Å². The van der Waals surface area contributed by atoms with Crippen molar-refractivity contribution in [3.63, 3.8) is 0 Å². The van der Waals surface area contributed by atoms with Crippen LogP contribution in [-0.4, -0.2) is 19.7 Å². The Morgan fingerprint density at radius 3 is 2.68 bits per heavy atom. The fraction of sp³-hybridized carbons (Fsp3) is 0.300. The second-order valence-corrected chi connectivity index (χ2v) is 3.87. The molecule has 0 fully saturated rings. The van der Waals surface area contributed by atoms with E-state index in [0.717, 1.165) is 11.6 Å². The van der Waals surface area contributed by atoms with E-state index in [4.69, 9.17) is 5.73 Å². The number of nitrogens with zero attached hydrogens (tertiary/aromatic N) is 4. The van der Waals surface area contributed by atoms with Crippen LogP contribution < -0.4 is 11.1 Å². The van der Waals surface area contributed by atoms with Crippen LogP contribution in [0.25, 0.3) is 0 Å². The summed E-state index contributed by atoms with van der Waals surface area (Å²) < 4.78 is 39.2. The van der Waals surface area contributed by atoms with E-state index in [9.17, 15) is 13.2 Å².